The van der Waals surface area contributed by atoms with Crippen molar-refractivity contribution in [1.29, 1.82) is 0 Å². The van der Waals surface area contributed by atoms with Crippen molar-refractivity contribution < 1.29 is 53.4 Å². The van der Waals surface area contributed by atoms with E-state index in [9.17, 15) is 30.3 Å². The Hall–Kier alpha value is -0.890. The van der Waals surface area contributed by atoms with Crippen molar-refractivity contribution >= 4 is 5.91 Å². The van der Waals surface area contributed by atoms with Gasteiger partial charge in [-0.2, -0.15) is 0 Å². The monoisotopic (exact) mass is 384 g/mol. The van der Waals surface area contributed by atoms with Gasteiger partial charge < -0.3 is 49.8 Å². The summed E-state index contributed by atoms with van der Waals surface area (Å²) in [4.78, 5) is 11.4. The number of rotatable bonds is 5. The number of hydrogen-bond donors (Lipinski definition) is 6. The second-order valence-electron chi connectivity index (χ2n) is 6.01. The summed E-state index contributed by atoms with van der Waals surface area (Å²) in [6.07, 6.45) is -19.2. The zero-order valence-electron chi connectivity index (χ0n) is 17.5. The fraction of sp³-hybridized carbons (Fsp3) is 0.933. The van der Waals surface area contributed by atoms with Gasteiger partial charge in [-0.1, -0.05) is 0 Å². The van der Waals surface area contributed by atoms with Gasteiger partial charge in [0, 0.05) is 14.0 Å². The van der Waals surface area contributed by atoms with Gasteiger partial charge in [0.05, 0.1) is 16.8 Å². The summed E-state index contributed by atoms with van der Waals surface area (Å²) in [5, 5.41) is 53.1. The van der Waals surface area contributed by atoms with Crippen LogP contribution in [-0.4, -0.2) is 106 Å². The highest BCUT2D eigenvalue weighted by Crippen LogP contribution is 2.29. The molecule has 2 saturated heterocycles. The Morgan fingerprint density at radius 1 is 1.15 bits per heavy atom. The minimum Gasteiger partial charge on any atom is -0.394 e. The molecule has 1 amide bonds. The molecule has 0 bridgehead atoms. The highest BCUT2D eigenvalue weighted by atomic mass is 16.7. The lowest BCUT2D eigenvalue weighted by Gasteiger charge is -2.46. The number of nitrogens with one attached hydrogen (secondary N) is 1. The number of aliphatic hydroxyl groups excluding tert-OH is 2. The first-order valence-electron chi connectivity index (χ1n) is 9.44. The molecule has 0 spiro atoms. The van der Waals surface area contributed by atoms with Crippen LogP contribution in [0, 0.1) is 0 Å². The molecule has 0 aromatic carbocycles. The maximum absolute atomic E-state index is 11.4. The molecule has 2 aliphatic heterocycles. The van der Waals surface area contributed by atoms with Crippen molar-refractivity contribution in [3.63, 3.8) is 0 Å². The topological polar surface area (TPSA) is 167 Å². The van der Waals surface area contributed by atoms with E-state index in [4.69, 9.17) is 23.1 Å². The number of hydrogen-bond acceptors (Lipinski definition) is 10. The van der Waals surface area contributed by atoms with Crippen LogP contribution < -0.4 is 5.32 Å². The summed E-state index contributed by atoms with van der Waals surface area (Å²) in [6.45, 7) is 1.58. The summed E-state index contributed by atoms with van der Waals surface area (Å²) in [7, 11) is 1.24. The highest BCUT2D eigenvalue weighted by molar-refractivity contribution is 5.73. The van der Waals surface area contributed by atoms with E-state index in [0.29, 0.717) is 0 Å². The van der Waals surface area contributed by atoms with Crippen molar-refractivity contribution in [3.8, 4) is 0 Å². The number of aliphatic hydroxyl groups is 5. The minimum atomic E-state index is -3.47. The van der Waals surface area contributed by atoms with E-state index in [2.05, 4.69) is 5.32 Å². The van der Waals surface area contributed by atoms with Crippen LogP contribution in [-0.2, 0) is 23.7 Å². The van der Waals surface area contributed by atoms with E-state index in [1.165, 1.54) is 14.0 Å². The van der Waals surface area contributed by atoms with Gasteiger partial charge in [-0.3, -0.25) is 4.79 Å². The Balaban J connectivity index is 2.33. The van der Waals surface area contributed by atoms with Crippen molar-refractivity contribution in [2.24, 2.45) is 0 Å². The molecule has 2 aliphatic rings. The smallest absolute Gasteiger partial charge is 0.217 e. The molecule has 0 radical (unpaired) electrons. The van der Waals surface area contributed by atoms with Gasteiger partial charge in [-0.05, 0) is 6.92 Å². The molecule has 152 valence electrons. The predicted molar refractivity (Wildman–Crippen MR) is 83.6 cm³/mol. The Morgan fingerprint density at radius 3 is 2.35 bits per heavy atom. The second kappa shape index (κ2) is 8.87. The fourth-order valence-corrected chi connectivity index (χ4v) is 2.81. The largest absolute Gasteiger partial charge is 0.394 e. The fourth-order valence-electron chi connectivity index (χ4n) is 2.81. The van der Waals surface area contributed by atoms with Crippen LogP contribution in [0.15, 0.2) is 0 Å². The average molecular weight is 384 g/mol. The molecule has 11 nitrogen and oxygen atoms in total. The number of carbonyl (C=O) groups is 1. The van der Waals surface area contributed by atoms with Gasteiger partial charge in [0.25, 0.3) is 0 Å². The first-order chi connectivity index (χ1) is 13.2. The lowest BCUT2D eigenvalue weighted by Crippen LogP contribution is -2.67. The van der Waals surface area contributed by atoms with E-state index >= 15 is 0 Å². The lowest BCUT2D eigenvalue weighted by molar-refractivity contribution is -0.343. The Bertz CT molecular complexity index is 607. The van der Waals surface area contributed by atoms with Gasteiger partial charge in [0.2, 0.25) is 5.91 Å². The van der Waals surface area contributed by atoms with E-state index in [-0.39, 0.29) is 0 Å². The van der Waals surface area contributed by atoms with E-state index in [1.54, 1.807) is 0 Å². The molecule has 0 aliphatic carbocycles. The Kier molecular flexibility index (Phi) is 5.87. The summed E-state index contributed by atoms with van der Waals surface area (Å²) in [5.74, 6) is -0.541. The quantitative estimate of drug-likeness (QED) is 0.279. The van der Waals surface area contributed by atoms with Crippen molar-refractivity contribution in [1.82, 2.24) is 5.32 Å². The standard InChI is InChI=1S/C15H27NO10/c1-5-9(19)11(21)12(22)15(24-5)26-13-7(4-17)25-14(23-3)8(10(13)20)16-6(2)18/h5,7-15,17,19-22H,4H2,1-3H3,(H,16,18)/t5-,7+,8+,9+,10+,11+,12-,13+,14+,15-/m0/s1/i9D,11D,12D. The van der Waals surface area contributed by atoms with E-state index in [1.807, 2.05) is 0 Å². The Labute approximate surface area is 154 Å². The van der Waals surface area contributed by atoms with Gasteiger partial charge in [0.15, 0.2) is 12.6 Å². The Morgan fingerprint density at radius 2 is 1.81 bits per heavy atom. The molecular weight excluding hydrogens is 354 g/mol. The third-order valence-corrected chi connectivity index (χ3v) is 4.16. The molecule has 2 rings (SSSR count). The van der Waals surface area contributed by atoms with Crippen molar-refractivity contribution in [3.05, 3.63) is 0 Å². The first kappa shape index (κ1) is 17.2. The molecule has 0 saturated carbocycles. The number of ether oxygens (including phenoxy) is 4. The molecule has 6 N–H and O–H groups in total. The highest BCUT2D eigenvalue weighted by Gasteiger charge is 2.50. The molecule has 2 heterocycles. The van der Waals surface area contributed by atoms with Crippen LogP contribution in [0.4, 0.5) is 0 Å². The summed E-state index contributed by atoms with van der Waals surface area (Å²) in [6, 6.07) is -1.17. The summed E-state index contributed by atoms with van der Waals surface area (Å²) >= 11 is 0. The van der Waals surface area contributed by atoms with Gasteiger partial charge in [0.1, 0.15) is 42.6 Å². The molecule has 10 atom stereocenters. The van der Waals surface area contributed by atoms with E-state index < -0.39 is 73.8 Å². The molecule has 2 fully saturated rings. The molecule has 0 aromatic heterocycles. The SMILES string of the molecule is [2H][C@]1(O)[C@]([2H])(O)[C@H](O[C@H]2[C@H](O)[C@@H](NC(C)=O)[C@H](OC)O[C@@H]2CO)O[C@@H](C)[C@@]1([2H])O. The third kappa shape index (κ3) is 4.32. The van der Waals surface area contributed by atoms with Crippen LogP contribution in [0.5, 0.6) is 0 Å². The van der Waals surface area contributed by atoms with E-state index in [0.717, 1.165) is 6.92 Å². The maximum atomic E-state index is 11.4. The van der Waals surface area contributed by atoms with Gasteiger partial charge in [-0.25, -0.2) is 0 Å². The second-order valence-corrected chi connectivity index (χ2v) is 6.01. The first-order valence-corrected chi connectivity index (χ1v) is 7.94. The number of methoxy groups -OCH3 is 1. The zero-order chi connectivity index (χ0) is 22.4. The number of carbonyl (C=O) groups excluding carboxylic acids is 1. The van der Waals surface area contributed by atoms with Crippen molar-refractivity contribution in [2.75, 3.05) is 13.7 Å². The zero-order valence-corrected chi connectivity index (χ0v) is 14.5. The molecule has 11 heteroatoms. The lowest BCUT2D eigenvalue weighted by atomic mass is 9.95. The van der Waals surface area contributed by atoms with Crippen LogP contribution >= 0.6 is 0 Å². The normalized spacial score (nSPS) is 56.9. The van der Waals surface area contributed by atoms with Crippen LogP contribution in [0.2, 0.25) is 0 Å². The maximum Gasteiger partial charge on any atom is 0.217 e. The summed E-state index contributed by atoms with van der Waals surface area (Å²) in [5.41, 5.74) is 0. The average Bonchev–Trinajstić information content (AvgIpc) is 2.62. The van der Waals surface area contributed by atoms with Crippen LogP contribution in [0.3, 0.4) is 0 Å². The molecular formula is C15H27NO10. The number of amides is 1. The minimum absolute atomic E-state index is 0.541. The molecule has 0 aromatic rings. The van der Waals surface area contributed by atoms with Crippen LogP contribution in [0.25, 0.3) is 0 Å². The summed E-state index contributed by atoms with van der Waals surface area (Å²) < 4.78 is 44.3. The third-order valence-electron chi connectivity index (χ3n) is 4.16. The molecule has 26 heavy (non-hydrogen) atoms. The van der Waals surface area contributed by atoms with Crippen LogP contribution in [0.1, 0.15) is 18.0 Å². The predicted octanol–water partition coefficient (Wildman–Crippen LogP) is -3.57. The van der Waals surface area contributed by atoms with Crippen molar-refractivity contribution in [2.45, 2.75) is 75.1 Å². The van der Waals surface area contributed by atoms with Gasteiger partial charge in [-0.15, -0.1) is 0 Å². The molecule has 0 unspecified atom stereocenters. The van der Waals surface area contributed by atoms with Gasteiger partial charge >= 0.3 is 0 Å².